The van der Waals surface area contributed by atoms with Gasteiger partial charge in [0.25, 0.3) is 0 Å². The monoisotopic (exact) mass is 886 g/mol. The van der Waals surface area contributed by atoms with E-state index in [0.29, 0.717) is 29.9 Å². The molecular formula is C45H66N4O12S. The minimum Gasteiger partial charge on any atom is -0.458 e. The number of hydrogen-bond acceptors (Lipinski definition) is 15. The van der Waals surface area contributed by atoms with Crippen molar-refractivity contribution in [3.63, 3.8) is 0 Å². The lowest BCUT2D eigenvalue weighted by molar-refractivity contribution is -0.302. The first-order valence-electron chi connectivity index (χ1n) is 21.8. The van der Waals surface area contributed by atoms with Crippen LogP contribution in [0.2, 0.25) is 0 Å². The largest absolute Gasteiger partial charge is 0.458 e. The highest BCUT2D eigenvalue weighted by Crippen LogP contribution is 2.46. The highest BCUT2D eigenvalue weighted by molar-refractivity contribution is 7.89. The van der Waals surface area contributed by atoms with E-state index in [1.807, 2.05) is 39.8 Å². The summed E-state index contributed by atoms with van der Waals surface area (Å²) >= 11 is 0. The summed E-state index contributed by atoms with van der Waals surface area (Å²) in [4.78, 5) is 48.3. The summed E-state index contributed by atoms with van der Waals surface area (Å²) < 4.78 is 69.8. The number of nitrogens with two attached hydrogens (primary N) is 1. The number of benzene rings is 1. The van der Waals surface area contributed by atoms with Crippen LogP contribution in [0.4, 0.5) is 5.82 Å². The molecule has 0 aliphatic carbocycles. The van der Waals surface area contributed by atoms with E-state index in [0.717, 1.165) is 0 Å². The minimum absolute atomic E-state index is 0.0131. The topological polar surface area (TPSA) is 215 Å². The molecule has 344 valence electrons. The Bertz CT molecular complexity index is 2040. The molecule has 17 heteroatoms. The number of fused-ring (bicyclic) bond motifs is 4. The Morgan fingerprint density at radius 1 is 1.00 bits per heavy atom. The van der Waals surface area contributed by atoms with Crippen molar-refractivity contribution in [3.8, 4) is 11.3 Å². The molecule has 1 unspecified atom stereocenters. The number of aliphatic hydroxyl groups is 1. The second-order valence-corrected chi connectivity index (χ2v) is 20.3. The number of nitrogen functional groups attached to an aromatic ring is 1. The number of ether oxygens (including phenoxy) is 6. The number of carbonyl (C=O) groups is 3. The van der Waals surface area contributed by atoms with Gasteiger partial charge in [-0.1, -0.05) is 45.9 Å². The van der Waals surface area contributed by atoms with Crippen molar-refractivity contribution in [1.82, 2.24) is 14.6 Å². The molecule has 4 aliphatic rings. The number of aliphatic hydroxyl groups excluding tert-OH is 1. The molecule has 2 aromatic rings. The number of anilines is 1. The molecule has 15 atom stereocenters. The summed E-state index contributed by atoms with van der Waals surface area (Å²) in [5.74, 6) is -4.55. The average Bonchev–Trinajstić information content (AvgIpc) is 3.55. The lowest BCUT2D eigenvalue weighted by atomic mass is 9.70. The fourth-order valence-electron chi connectivity index (χ4n) is 10.2. The summed E-state index contributed by atoms with van der Waals surface area (Å²) in [5.41, 5.74) is 4.48. The van der Waals surface area contributed by atoms with Gasteiger partial charge in [-0.25, -0.2) is 18.1 Å². The molecule has 5 heterocycles. The number of pyridine rings is 1. The molecule has 6 rings (SSSR count). The smallest absolute Gasteiger partial charge is 0.311 e. The van der Waals surface area contributed by atoms with Crippen LogP contribution >= 0.6 is 0 Å². The molecule has 62 heavy (non-hydrogen) atoms. The van der Waals surface area contributed by atoms with Crippen LogP contribution in [0.15, 0.2) is 47.4 Å². The lowest BCUT2D eigenvalue weighted by Crippen LogP contribution is -2.60. The maximum Gasteiger partial charge on any atom is 0.311 e. The normalized spacial score (nSPS) is 38.9. The van der Waals surface area contributed by atoms with Gasteiger partial charge >= 0.3 is 11.9 Å². The molecule has 1 aromatic carbocycles. The third-order valence-electron chi connectivity index (χ3n) is 13.7. The van der Waals surface area contributed by atoms with Crippen LogP contribution in [0.25, 0.3) is 11.3 Å². The van der Waals surface area contributed by atoms with Crippen molar-refractivity contribution in [1.29, 1.82) is 0 Å². The van der Waals surface area contributed by atoms with Crippen molar-refractivity contribution in [2.45, 2.75) is 146 Å². The van der Waals surface area contributed by atoms with Gasteiger partial charge in [0.2, 0.25) is 10.0 Å². The van der Waals surface area contributed by atoms with E-state index in [4.69, 9.17) is 34.2 Å². The van der Waals surface area contributed by atoms with E-state index in [9.17, 15) is 27.9 Å². The Kier molecular flexibility index (Phi) is 14.6. The quantitative estimate of drug-likeness (QED) is 0.318. The van der Waals surface area contributed by atoms with Gasteiger partial charge in [0.15, 0.2) is 6.29 Å². The van der Waals surface area contributed by atoms with Crippen LogP contribution in [0.5, 0.6) is 0 Å². The Morgan fingerprint density at radius 2 is 1.69 bits per heavy atom. The maximum atomic E-state index is 14.6. The van der Waals surface area contributed by atoms with Gasteiger partial charge in [-0.3, -0.25) is 14.4 Å². The second-order valence-electron chi connectivity index (χ2n) is 18.6. The summed E-state index contributed by atoms with van der Waals surface area (Å²) in [6, 6.07) is 10.1. The van der Waals surface area contributed by atoms with Crippen LogP contribution in [0.3, 0.4) is 0 Å². The molecule has 4 saturated heterocycles. The number of esters is 2. The number of sulfonamides is 1. The third-order valence-corrected chi connectivity index (χ3v) is 15.2. The molecule has 0 amide bonds. The average molecular weight is 887 g/mol. The molecule has 4 fully saturated rings. The SMILES string of the molecule is CC[C@H]1OC(=O)[C@H](C)[C@H]2OCC(NS(=O)(=O)c3ccc(-c4cccc(N)n4)cc3)CO[C@](C)(C[C@@H](C)C(=O)[C@H](C)[C@@H]3CC(=O)O[C@]13C)[C@H](O[C@@H]1O[C@H](C)C[C@H](N(C)C)[C@H]1O)[C@@H]2C. The predicted molar refractivity (Wildman–Crippen MR) is 229 cm³/mol. The zero-order valence-electron chi connectivity index (χ0n) is 37.6. The molecule has 4 N–H and O–H groups in total. The van der Waals surface area contributed by atoms with Gasteiger partial charge in [0.1, 0.15) is 29.4 Å². The van der Waals surface area contributed by atoms with Crippen molar-refractivity contribution in [2.24, 2.45) is 29.6 Å². The van der Waals surface area contributed by atoms with Crippen molar-refractivity contribution in [3.05, 3.63) is 42.5 Å². The van der Waals surface area contributed by atoms with E-state index < -0.39 is 99.5 Å². The van der Waals surface area contributed by atoms with E-state index in [1.165, 1.54) is 12.1 Å². The molecule has 0 saturated carbocycles. The Balaban J connectivity index is 1.41. The molecule has 0 spiro atoms. The van der Waals surface area contributed by atoms with Gasteiger partial charge in [0.05, 0.1) is 66.1 Å². The van der Waals surface area contributed by atoms with Gasteiger partial charge in [-0.05, 0) is 85.3 Å². The van der Waals surface area contributed by atoms with Crippen molar-refractivity contribution in [2.75, 3.05) is 33.0 Å². The van der Waals surface area contributed by atoms with Gasteiger partial charge in [-0.15, -0.1) is 0 Å². The van der Waals surface area contributed by atoms with Gasteiger partial charge in [0, 0.05) is 35.3 Å². The summed E-state index contributed by atoms with van der Waals surface area (Å²) in [6.45, 7) is 13.9. The van der Waals surface area contributed by atoms with E-state index in [2.05, 4.69) is 9.71 Å². The number of cyclic esters (lactones) is 1. The highest BCUT2D eigenvalue weighted by atomic mass is 32.2. The number of likely N-dealkylation sites (N-methyl/N-ethyl adjacent to an activating group) is 1. The number of nitrogens with one attached hydrogen (secondary N) is 1. The number of aromatic nitrogens is 1. The van der Waals surface area contributed by atoms with Crippen molar-refractivity contribution >= 4 is 33.6 Å². The number of rotatable bonds is 8. The molecule has 2 bridgehead atoms. The Morgan fingerprint density at radius 3 is 2.34 bits per heavy atom. The van der Waals surface area contributed by atoms with E-state index in [1.54, 1.807) is 65.0 Å². The zero-order chi connectivity index (χ0) is 45.5. The standard InChI is InChI=1S/C45H66N4O12S/c1-11-35-45(8)32(20-37(50)61-45)26(4)38(51)24(2)21-44(7)41(60-43-39(52)34(49(9)10)19-25(3)58-43)27(5)40(28(6)42(53)59-35)56-22-30(23-57-44)48-62(54,55)31-17-15-29(16-18-31)33-13-12-14-36(46)47-33/h12-18,24-28,30,32,34-35,39-41,43,48,52H,11,19-23H2,1-10H3,(H2,46,47)/t24-,25-,26-,27-,28-,30?,32+,34+,35-,39-,40+,41-,43+,44-,45+/m1/s1. The molecular weight excluding hydrogens is 821 g/mol. The fraction of sp³-hybridized carbons (Fsp3) is 0.689. The first-order valence-corrected chi connectivity index (χ1v) is 23.3. The van der Waals surface area contributed by atoms with Gasteiger partial charge < -0.3 is 44.2 Å². The van der Waals surface area contributed by atoms with Gasteiger partial charge in [-0.2, -0.15) is 0 Å². The summed E-state index contributed by atoms with van der Waals surface area (Å²) in [6.07, 6.45) is -4.45. The van der Waals surface area contributed by atoms with Crippen LogP contribution in [0.1, 0.15) is 81.1 Å². The minimum atomic E-state index is -4.19. The number of ketones is 1. The van der Waals surface area contributed by atoms with E-state index in [-0.39, 0.29) is 48.9 Å². The van der Waals surface area contributed by atoms with Crippen LogP contribution in [-0.2, 0) is 52.8 Å². The molecule has 4 aliphatic heterocycles. The fourth-order valence-corrected chi connectivity index (χ4v) is 11.4. The maximum absolute atomic E-state index is 14.6. The predicted octanol–water partition coefficient (Wildman–Crippen LogP) is 4.12. The first-order chi connectivity index (χ1) is 29.1. The molecule has 16 nitrogen and oxygen atoms in total. The zero-order valence-corrected chi connectivity index (χ0v) is 38.4. The third kappa shape index (κ3) is 9.89. The number of Topliss-reactive ketones (excluding diaryl/α,β-unsaturated/α-hetero) is 1. The van der Waals surface area contributed by atoms with E-state index >= 15 is 0 Å². The first kappa shape index (κ1) is 47.9. The van der Waals surface area contributed by atoms with Crippen LogP contribution in [-0.4, -0.2) is 129 Å². The molecule has 0 radical (unpaired) electrons. The molecule has 1 aromatic heterocycles. The lowest BCUT2D eigenvalue weighted by Gasteiger charge is -2.48. The van der Waals surface area contributed by atoms with Crippen LogP contribution < -0.4 is 10.5 Å². The number of nitrogens with zero attached hydrogens (tertiary/aromatic N) is 2. The Labute approximate surface area is 365 Å². The number of carbonyl (C=O) groups excluding carboxylic acids is 3. The summed E-state index contributed by atoms with van der Waals surface area (Å²) in [5, 5.41) is 11.7. The van der Waals surface area contributed by atoms with Crippen molar-refractivity contribution < 1.29 is 56.3 Å². The Hall–Kier alpha value is -3.55. The second kappa shape index (κ2) is 18.9. The highest BCUT2D eigenvalue weighted by Gasteiger charge is 2.57. The van der Waals surface area contributed by atoms with Crippen LogP contribution in [0, 0.1) is 29.6 Å². The summed E-state index contributed by atoms with van der Waals surface area (Å²) in [7, 11) is -0.439. The number of hydrogen-bond donors (Lipinski definition) is 3.